The molecular weight excluding hydrogens is 458 g/mol. The van der Waals surface area contributed by atoms with Crippen LogP contribution in [0.3, 0.4) is 0 Å². The van der Waals surface area contributed by atoms with E-state index in [1.807, 2.05) is 57.9 Å². The van der Waals surface area contributed by atoms with Gasteiger partial charge in [0.05, 0.1) is 0 Å². The Hall–Kier alpha value is -3.18. The topological polar surface area (TPSA) is 53.9 Å². The van der Waals surface area contributed by atoms with Gasteiger partial charge in [-0.2, -0.15) is 0 Å². The van der Waals surface area contributed by atoms with E-state index in [0.717, 1.165) is 61.2 Å². The van der Waals surface area contributed by atoms with Gasteiger partial charge >= 0.3 is 0 Å². The Bertz CT molecular complexity index is 1110. The molecule has 198 valence electrons. The molecule has 2 heterocycles. The molecule has 2 aliphatic heterocycles. The van der Waals surface area contributed by atoms with Crippen LogP contribution < -0.4 is 10.1 Å². The van der Waals surface area contributed by atoms with Gasteiger partial charge in [0, 0.05) is 49.5 Å². The second-order valence-electron chi connectivity index (χ2n) is 9.17. The van der Waals surface area contributed by atoms with Crippen molar-refractivity contribution in [3.63, 3.8) is 0 Å². The summed E-state index contributed by atoms with van der Waals surface area (Å²) in [5.41, 5.74) is 5.16. The Morgan fingerprint density at radius 2 is 1.89 bits per heavy atom. The van der Waals surface area contributed by atoms with Crippen LogP contribution in [-0.2, 0) is 11.2 Å². The summed E-state index contributed by atoms with van der Waals surface area (Å²) in [5.74, 6) is 1.04. The van der Waals surface area contributed by atoms with Crippen LogP contribution >= 0.6 is 0 Å². The lowest BCUT2D eigenvalue weighted by Crippen LogP contribution is -2.46. The fourth-order valence-electron chi connectivity index (χ4n) is 4.94. The van der Waals surface area contributed by atoms with Crippen LogP contribution in [0.25, 0.3) is 5.57 Å². The number of rotatable bonds is 7. The van der Waals surface area contributed by atoms with Crippen LogP contribution in [0, 0.1) is 0 Å². The molecule has 0 bridgehead atoms. The number of ether oxygens (including phenoxy) is 1. The average molecular weight is 502 g/mol. The van der Waals surface area contributed by atoms with Crippen molar-refractivity contribution in [1.82, 2.24) is 10.2 Å². The van der Waals surface area contributed by atoms with Gasteiger partial charge in [-0.25, -0.2) is 0 Å². The molecule has 0 atom stereocenters. The van der Waals surface area contributed by atoms with Gasteiger partial charge in [0.1, 0.15) is 11.4 Å². The summed E-state index contributed by atoms with van der Waals surface area (Å²) in [4.78, 5) is 19.0. The number of amides is 1. The minimum absolute atomic E-state index is 0.0981. The number of nitrogens with one attached hydrogen (secondary N) is 1. The maximum absolute atomic E-state index is 13.0. The molecule has 1 aliphatic carbocycles. The fraction of sp³-hybridized carbons (Fsp3) is 0.438. The average Bonchev–Trinajstić information content (AvgIpc) is 3.19. The highest BCUT2D eigenvalue weighted by molar-refractivity contribution is 5.97. The summed E-state index contributed by atoms with van der Waals surface area (Å²) in [7, 11) is 0. The first kappa shape index (κ1) is 28.4. The molecule has 1 amide bonds. The van der Waals surface area contributed by atoms with E-state index in [1.165, 1.54) is 11.1 Å². The summed E-state index contributed by atoms with van der Waals surface area (Å²) < 4.78 is 6.65. The lowest BCUT2D eigenvalue weighted by molar-refractivity contribution is -0.126. The second-order valence-corrected chi connectivity index (χ2v) is 9.17. The van der Waals surface area contributed by atoms with Gasteiger partial charge in [0.25, 0.3) is 5.91 Å². The number of aliphatic imine (C=N–C) groups is 1. The Kier molecular flexibility index (Phi) is 10.7. The number of nitrogens with zero attached hydrogens (tertiary/aromatic N) is 2. The van der Waals surface area contributed by atoms with Crippen LogP contribution in [-0.4, -0.2) is 48.8 Å². The SMILES string of the molecule is CC.CC=N/C=C\Cc1ccc2c(c1)C(C1=CCC=C(C(=O)N(CC)CC)C=C1)=CC1(CCNCC1)O2. The van der Waals surface area contributed by atoms with Gasteiger partial charge in [-0.3, -0.25) is 9.79 Å². The predicted molar refractivity (Wildman–Crippen MR) is 156 cm³/mol. The molecule has 1 aromatic rings. The molecular formula is C32H43N3O2. The molecule has 5 heteroatoms. The Balaban J connectivity index is 0.00000186. The van der Waals surface area contributed by atoms with Crippen molar-refractivity contribution < 1.29 is 9.53 Å². The van der Waals surface area contributed by atoms with E-state index in [-0.39, 0.29) is 11.5 Å². The fourth-order valence-corrected chi connectivity index (χ4v) is 4.94. The molecule has 1 saturated heterocycles. The zero-order chi connectivity index (χ0) is 26.7. The third kappa shape index (κ3) is 6.98. The summed E-state index contributed by atoms with van der Waals surface area (Å²) in [5, 5.41) is 3.46. The molecule has 0 aromatic heterocycles. The summed E-state index contributed by atoms with van der Waals surface area (Å²) in [6, 6.07) is 6.51. The third-order valence-electron chi connectivity index (χ3n) is 6.93. The predicted octanol–water partition coefficient (Wildman–Crippen LogP) is 6.44. The van der Waals surface area contributed by atoms with Crippen LogP contribution in [0.2, 0.25) is 0 Å². The van der Waals surface area contributed by atoms with Gasteiger partial charge in [-0.1, -0.05) is 44.2 Å². The van der Waals surface area contributed by atoms with Crippen LogP contribution in [0.4, 0.5) is 0 Å². The first-order chi connectivity index (χ1) is 18.1. The zero-order valence-electron chi connectivity index (χ0n) is 23.2. The molecule has 0 unspecified atom stereocenters. The van der Waals surface area contributed by atoms with Gasteiger partial charge in [0.15, 0.2) is 0 Å². The molecule has 1 fully saturated rings. The van der Waals surface area contributed by atoms with Gasteiger partial charge in [-0.15, -0.1) is 0 Å². The lowest BCUT2D eigenvalue weighted by Gasteiger charge is -2.40. The summed E-state index contributed by atoms with van der Waals surface area (Å²) in [6.45, 7) is 13.3. The minimum Gasteiger partial charge on any atom is -0.482 e. The van der Waals surface area contributed by atoms with E-state index < -0.39 is 0 Å². The van der Waals surface area contributed by atoms with Crippen LogP contribution in [0.5, 0.6) is 5.75 Å². The molecule has 4 rings (SSSR count). The van der Waals surface area contributed by atoms with E-state index in [1.54, 1.807) is 6.21 Å². The minimum atomic E-state index is -0.293. The maximum atomic E-state index is 13.0. The quantitative estimate of drug-likeness (QED) is 0.438. The highest BCUT2D eigenvalue weighted by Crippen LogP contribution is 2.44. The molecule has 37 heavy (non-hydrogen) atoms. The first-order valence-electron chi connectivity index (χ1n) is 13.9. The number of carbonyl (C=O) groups excluding carboxylic acids is 1. The van der Waals surface area contributed by atoms with Crippen molar-refractivity contribution >= 4 is 17.7 Å². The van der Waals surface area contributed by atoms with Crippen molar-refractivity contribution in [3.05, 3.63) is 83.1 Å². The monoisotopic (exact) mass is 501 g/mol. The maximum Gasteiger partial charge on any atom is 0.253 e. The van der Waals surface area contributed by atoms with Crippen molar-refractivity contribution in [2.24, 2.45) is 4.99 Å². The normalized spacial score (nSPS) is 18.2. The number of fused-ring (bicyclic) bond motifs is 1. The number of likely N-dealkylation sites (N-methyl/N-ethyl adjacent to an activating group) is 1. The Morgan fingerprint density at radius 1 is 1.14 bits per heavy atom. The van der Waals surface area contributed by atoms with E-state index >= 15 is 0 Å². The van der Waals surface area contributed by atoms with Crippen molar-refractivity contribution in [2.75, 3.05) is 26.2 Å². The van der Waals surface area contributed by atoms with Gasteiger partial charge in [0.2, 0.25) is 0 Å². The van der Waals surface area contributed by atoms with Crippen molar-refractivity contribution in [2.45, 2.75) is 65.9 Å². The molecule has 0 saturated carbocycles. The summed E-state index contributed by atoms with van der Waals surface area (Å²) >= 11 is 0. The van der Waals surface area contributed by atoms with Crippen molar-refractivity contribution in [1.29, 1.82) is 0 Å². The zero-order valence-corrected chi connectivity index (χ0v) is 23.2. The number of piperidine rings is 1. The molecule has 1 aromatic carbocycles. The molecule has 1 N–H and O–H groups in total. The Morgan fingerprint density at radius 3 is 2.59 bits per heavy atom. The first-order valence-corrected chi connectivity index (χ1v) is 13.9. The molecule has 5 nitrogen and oxygen atoms in total. The second kappa shape index (κ2) is 13.9. The smallest absolute Gasteiger partial charge is 0.253 e. The van der Waals surface area contributed by atoms with Crippen molar-refractivity contribution in [3.8, 4) is 5.75 Å². The van der Waals surface area contributed by atoms with E-state index in [2.05, 4.69) is 52.8 Å². The largest absolute Gasteiger partial charge is 0.482 e. The van der Waals surface area contributed by atoms with E-state index in [4.69, 9.17) is 4.74 Å². The third-order valence-corrected chi connectivity index (χ3v) is 6.93. The number of benzene rings is 1. The van der Waals surface area contributed by atoms with Crippen LogP contribution in [0.15, 0.2) is 77.0 Å². The van der Waals surface area contributed by atoms with Gasteiger partial charge in [-0.05, 0) is 87.7 Å². The molecule has 0 radical (unpaired) electrons. The molecule has 3 aliphatic rings. The lowest BCUT2D eigenvalue weighted by atomic mass is 9.82. The number of allylic oxidation sites excluding steroid dienone is 6. The van der Waals surface area contributed by atoms with Crippen LogP contribution in [0.1, 0.15) is 65.0 Å². The molecule has 1 spiro atoms. The number of carbonyl (C=O) groups is 1. The van der Waals surface area contributed by atoms with E-state index in [0.29, 0.717) is 13.1 Å². The number of hydrogen-bond donors (Lipinski definition) is 1. The van der Waals surface area contributed by atoms with Gasteiger partial charge < -0.3 is 15.0 Å². The highest BCUT2D eigenvalue weighted by atomic mass is 16.5. The Labute approximate surface area is 223 Å². The number of hydrogen-bond acceptors (Lipinski definition) is 4. The standard InChI is InChI=1S/C30H37N3O2.C2H6/c1-4-31-18-8-9-23-12-15-28-26(21-23)27(22-30(35-28)16-19-32-20-17-30)24-10-7-11-25(14-13-24)29(34)33(5-2)6-3;1-2/h4,8,10-15,18,21-22,32H,5-7,9,16-17,19-20H2,1-3H3;1-2H3/b18-8-,31-4?;. The highest BCUT2D eigenvalue weighted by Gasteiger charge is 2.37. The summed E-state index contributed by atoms with van der Waals surface area (Å²) in [6.07, 6.45) is 19.8. The van der Waals surface area contributed by atoms with E-state index in [9.17, 15) is 4.79 Å².